The van der Waals surface area contributed by atoms with Gasteiger partial charge in [0.2, 0.25) is 0 Å². The SMILES string of the molecule is C=CCOC(=O)c1sc(N2C(=O)C(O)=C(C(=O)/C=C/c3ccccc3)C2c2ccc(C(=O)OC)cc2)nc1C. The fourth-order valence-electron chi connectivity index (χ4n) is 3.99. The molecule has 0 bridgehead atoms. The molecule has 0 aliphatic carbocycles. The van der Waals surface area contributed by atoms with E-state index in [0.717, 1.165) is 21.8 Å². The molecule has 198 valence electrons. The number of nitrogens with zero attached hydrogens (tertiary/aromatic N) is 2. The van der Waals surface area contributed by atoms with Crippen LogP contribution in [-0.4, -0.2) is 47.4 Å². The number of aromatic nitrogens is 1. The number of esters is 2. The zero-order chi connectivity index (χ0) is 28.1. The third-order valence-corrected chi connectivity index (χ3v) is 6.99. The average molecular weight is 545 g/mol. The van der Waals surface area contributed by atoms with E-state index < -0.39 is 35.4 Å². The Morgan fingerprint density at radius 2 is 1.79 bits per heavy atom. The summed E-state index contributed by atoms with van der Waals surface area (Å²) < 4.78 is 9.87. The van der Waals surface area contributed by atoms with Crippen LogP contribution in [0.25, 0.3) is 6.08 Å². The first-order valence-corrected chi connectivity index (χ1v) is 12.6. The number of aryl methyl sites for hydroxylation is 1. The molecule has 9 nitrogen and oxygen atoms in total. The van der Waals surface area contributed by atoms with Gasteiger partial charge in [0.05, 0.1) is 30.0 Å². The smallest absolute Gasteiger partial charge is 0.350 e. The van der Waals surface area contributed by atoms with Gasteiger partial charge in [-0.15, -0.1) is 0 Å². The van der Waals surface area contributed by atoms with Crippen LogP contribution in [0.15, 0.2) is 84.7 Å². The van der Waals surface area contributed by atoms with Gasteiger partial charge in [-0.25, -0.2) is 14.6 Å². The van der Waals surface area contributed by atoms with Crippen LogP contribution < -0.4 is 4.90 Å². The molecule has 0 saturated carbocycles. The maximum Gasteiger partial charge on any atom is 0.350 e. The van der Waals surface area contributed by atoms with Crippen LogP contribution in [-0.2, 0) is 19.1 Å². The maximum atomic E-state index is 13.4. The Morgan fingerprint density at radius 1 is 1.10 bits per heavy atom. The molecule has 1 N–H and O–H groups in total. The van der Waals surface area contributed by atoms with E-state index in [4.69, 9.17) is 9.47 Å². The van der Waals surface area contributed by atoms with E-state index in [1.165, 1.54) is 31.4 Å². The molecule has 1 unspecified atom stereocenters. The lowest BCUT2D eigenvalue weighted by Gasteiger charge is -2.24. The summed E-state index contributed by atoms with van der Waals surface area (Å²) in [7, 11) is 1.26. The topological polar surface area (TPSA) is 123 Å². The molecule has 1 aromatic heterocycles. The van der Waals surface area contributed by atoms with Crippen molar-refractivity contribution in [3.05, 3.63) is 112 Å². The number of rotatable bonds is 9. The highest BCUT2D eigenvalue weighted by Gasteiger charge is 2.45. The second-order valence-corrected chi connectivity index (χ2v) is 9.34. The van der Waals surface area contributed by atoms with E-state index in [9.17, 15) is 24.3 Å². The highest BCUT2D eigenvalue weighted by molar-refractivity contribution is 7.17. The van der Waals surface area contributed by atoms with Crippen LogP contribution in [0, 0.1) is 6.92 Å². The number of carbonyl (C=O) groups excluding carboxylic acids is 4. The molecule has 0 fully saturated rings. The number of benzene rings is 2. The molecule has 3 aromatic rings. The summed E-state index contributed by atoms with van der Waals surface area (Å²) in [5.74, 6) is -3.37. The molecule has 2 aromatic carbocycles. The van der Waals surface area contributed by atoms with Gasteiger partial charge in [0, 0.05) is 0 Å². The van der Waals surface area contributed by atoms with Crippen LogP contribution in [0.1, 0.15) is 42.9 Å². The summed E-state index contributed by atoms with van der Waals surface area (Å²) in [6.07, 6.45) is 4.28. The number of aliphatic hydroxyl groups is 1. The summed E-state index contributed by atoms with van der Waals surface area (Å²) >= 11 is 0.899. The highest BCUT2D eigenvalue weighted by atomic mass is 32.1. The number of aliphatic hydroxyl groups excluding tert-OH is 1. The molecular weight excluding hydrogens is 520 g/mol. The van der Waals surface area contributed by atoms with E-state index in [2.05, 4.69) is 11.6 Å². The molecular formula is C29H24N2O7S. The van der Waals surface area contributed by atoms with Gasteiger partial charge in [-0.1, -0.05) is 72.5 Å². The third-order valence-electron chi connectivity index (χ3n) is 5.86. The summed E-state index contributed by atoms with van der Waals surface area (Å²) in [6.45, 7) is 5.11. The first kappa shape index (κ1) is 27.2. The zero-order valence-corrected chi connectivity index (χ0v) is 21.9. The Hall–Kier alpha value is -4.83. The van der Waals surface area contributed by atoms with Crippen molar-refractivity contribution in [3.8, 4) is 0 Å². The van der Waals surface area contributed by atoms with Crippen molar-refractivity contribution in [1.82, 2.24) is 4.98 Å². The van der Waals surface area contributed by atoms with Crippen molar-refractivity contribution in [2.45, 2.75) is 13.0 Å². The van der Waals surface area contributed by atoms with E-state index in [-0.39, 0.29) is 27.8 Å². The standard InChI is InChI=1S/C29H24N2O7S/c1-4-16-38-28(36)25-17(2)30-29(39-25)31-23(19-11-13-20(14-12-19)27(35)37-3)22(24(33)26(31)34)21(32)15-10-18-8-6-5-7-9-18/h4-15,23,33H,1,16H2,2-3H3/b15-10+. The second kappa shape index (κ2) is 11.7. The molecule has 0 saturated heterocycles. The van der Waals surface area contributed by atoms with Crippen molar-refractivity contribution in [2.75, 3.05) is 18.6 Å². The van der Waals surface area contributed by atoms with Crippen molar-refractivity contribution in [3.63, 3.8) is 0 Å². The number of allylic oxidation sites excluding steroid dienone is 1. The summed E-state index contributed by atoms with van der Waals surface area (Å²) in [4.78, 5) is 56.9. The Kier molecular flexibility index (Phi) is 8.16. The minimum absolute atomic E-state index is 0.00192. The number of amides is 1. The summed E-state index contributed by atoms with van der Waals surface area (Å²) in [5.41, 5.74) is 1.60. The number of ether oxygens (including phenoxy) is 2. The van der Waals surface area contributed by atoms with Gasteiger partial charge in [-0.3, -0.25) is 14.5 Å². The molecule has 0 radical (unpaired) electrons. The van der Waals surface area contributed by atoms with Crippen LogP contribution in [0.2, 0.25) is 0 Å². The quantitative estimate of drug-likeness (QED) is 0.232. The van der Waals surface area contributed by atoms with E-state index in [0.29, 0.717) is 11.3 Å². The molecule has 1 atom stereocenters. The van der Waals surface area contributed by atoms with E-state index in [1.54, 1.807) is 37.3 Å². The molecule has 4 rings (SSSR count). The predicted molar refractivity (Wildman–Crippen MR) is 145 cm³/mol. The van der Waals surface area contributed by atoms with E-state index >= 15 is 0 Å². The molecule has 10 heteroatoms. The van der Waals surface area contributed by atoms with Crippen molar-refractivity contribution in [2.24, 2.45) is 0 Å². The number of hydrogen-bond donors (Lipinski definition) is 1. The van der Waals surface area contributed by atoms with Gasteiger partial charge in [0.15, 0.2) is 16.7 Å². The lowest BCUT2D eigenvalue weighted by atomic mass is 9.95. The number of hydrogen-bond acceptors (Lipinski definition) is 9. The van der Waals surface area contributed by atoms with Gasteiger partial charge in [0.25, 0.3) is 5.91 Å². The Bertz CT molecular complexity index is 1500. The second-order valence-electron chi connectivity index (χ2n) is 8.36. The van der Waals surface area contributed by atoms with Crippen LogP contribution >= 0.6 is 11.3 Å². The van der Waals surface area contributed by atoms with Gasteiger partial charge < -0.3 is 14.6 Å². The fourth-order valence-corrected chi connectivity index (χ4v) is 4.98. The average Bonchev–Trinajstić information content (AvgIpc) is 3.46. The summed E-state index contributed by atoms with van der Waals surface area (Å²) in [6, 6.07) is 14.1. The van der Waals surface area contributed by atoms with Crippen LogP contribution in [0.3, 0.4) is 0 Å². The third kappa shape index (κ3) is 5.55. The highest BCUT2D eigenvalue weighted by Crippen LogP contribution is 2.43. The molecule has 1 aliphatic heterocycles. The molecule has 2 heterocycles. The molecule has 1 aliphatic rings. The van der Waals surface area contributed by atoms with Crippen molar-refractivity contribution >= 4 is 46.2 Å². The maximum absolute atomic E-state index is 13.4. The number of thiazole rings is 1. The lowest BCUT2D eigenvalue weighted by molar-refractivity contribution is -0.117. The number of methoxy groups -OCH3 is 1. The first-order chi connectivity index (χ1) is 18.8. The minimum atomic E-state index is -1.08. The predicted octanol–water partition coefficient (Wildman–Crippen LogP) is 4.76. The van der Waals surface area contributed by atoms with Crippen molar-refractivity contribution < 1.29 is 33.8 Å². The largest absolute Gasteiger partial charge is 0.503 e. The fraction of sp³-hybridized carbons (Fsp3) is 0.138. The van der Waals surface area contributed by atoms with Crippen LogP contribution in [0.5, 0.6) is 0 Å². The lowest BCUT2D eigenvalue weighted by Crippen LogP contribution is -2.30. The normalized spacial score (nSPS) is 15.1. The number of anilines is 1. The molecule has 1 amide bonds. The van der Waals surface area contributed by atoms with Gasteiger partial charge in [-0.05, 0) is 36.3 Å². The zero-order valence-electron chi connectivity index (χ0n) is 21.1. The van der Waals surface area contributed by atoms with E-state index in [1.807, 2.05) is 18.2 Å². The van der Waals surface area contributed by atoms with Crippen molar-refractivity contribution in [1.29, 1.82) is 0 Å². The first-order valence-electron chi connectivity index (χ1n) is 11.7. The Labute approximate surface area is 228 Å². The molecule has 0 spiro atoms. The van der Waals surface area contributed by atoms with Gasteiger partial charge in [-0.2, -0.15) is 0 Å². The Morgan fingerprint density at radius 3 is 2.44 bits per heavy atom. The minimum Gasteiger partial charge on any atom is -0.503 e. The monoisotopic (exact) mass is 544 g/mol. The summed E-state index contributed by atoms with van der Waals surface area (Å²) in [5, 5.41) is 11.0. The molecule has 39 heavy (non-hydrogen) atoms. The Balaban J connectivity index is 1.78. The van der Waals surface area contributed by atoms with Gasteiger partial charge in [0.1, 0.15) is 11.5 Å². The van der Waals surface area contributed by atoms with Crippen LogP contribution in [0.4, 0.5) is 5.13 Å². The number of ketones is 1. The van der Waals surface area contributed by atoms with Gasteiger partial charge >= 0.3 is 11.9 Å². The number of carbonyl (C=O) groups is 4.